The fraction of sp³-hybridized carbons (Fsp3) is 0.625. The number of rotatable bonds is 7. The Morgan fingerprint density at radius 1 is 1.16 bits per heavy atom. The van der Waals surface area contributed by atoms with Crippen LogP contribution in [-0.4, -0.2) is 27.4 Å². The molecule has 0 saturated carbocycles. The summed E-state index contributed by atoms with van der Waals surface area (Å²) in [5, 5.41) is 3.39. The summed E-state index contributed by atoms with van der Waals surface area (Å²) < 4.78 is 10.8. The lowest BCUT2D eigenvalue weighted by Crippen LogP contribution is -2.23. The molecule has 108 valence electrons. The van der Waals surface area contributed by atoms with Crippen molar-refractivity contribution >= 4 is 0 Å². The van der Waals surface area contributed by atoms with Crippen LogP contribution < -0.4 is 10.1 Å². The van der Waals surface area contributed by atoms with Crippen molar-refractivity contribution in [1.29, 1.82) is 0 Å². The van der Waals surface area contributed by atoms with Crippen LogP contribution in [0, 0.1) is 5.41 Å². The van der Waals surface area contributed by atoms with Crippen LogP contribution >= 0.6 is 0 Å². The van der Waals surface area contributed by atoms with E-state index in [0.29, 0.717) is 19.3 Å². The number of methoxy groups -OCH3 is 1. The first-order valence-corrected chi connectivity index (χ1v) is 6.86. The average Bonchev–Trinajstić information content (AvgIpc) is 2.36. The predicted molar refractivity (Wildman–Crippen MR) is 79.7 cm³/mol. The lowest BCUT2D eigenvalue weighted by Gasteiger charge is -2.27. The molecule has 3 nitrogen and oxygen atoms in total. The third-order valence-electron chi connectivity index (χ3n) is 3.00. The zero-order valence-corrected chi connectivity index (χ0v) is 12.8. The van der Waals surface area contributed by atoms with E-state index < -0.39 is 0 Å². The second-order valence-corrected chi connectivity index (χ2v) is 5.99. The zero-order chi connectivity index (χ0) is 14.3. The van der Waals surface area contributed by atoms with Gasteiger partial charge in [-0.05, 0) is 24.9 Å². The Balaban J connectivity index is 2.84. The topological polar surface area (TPSA) is 30.5 Å². The molecular formula is C16H27NO2. The summed E-state index contributed by atoms with van der Waals surface area (Å²) >= 11 is 0. The smallest absolute Gasteiger partial charge is 0.124 e. The van der Waals surface area contributed by atoms with Crippen LogP contribution in [0.3, 0.4) is 0 Å². The quantitative estimate of drug-likeness (QED) is 0.766. The van der Waals surface area contributed by atoms with Gasteiger partial charge >= 0.3 is 0 Å². The standard InChI is InChI=1S/C16H27NO2/c1-16(2,3)12-14(17-4)13-8-6-7-9-15(13)19-11-10-18-5/h6-9,14,17H,10-12H2,1-5H3. The van der Waals surface area contributed by atoms with E-state index in [9.17, 15) is 0 Å². The van der Waals surface area contributed by atoms with Crippen LogP contribution in [0.1, 0.15) is 38.8 Å². The SMILES string of the molecule is CNC(CC(C)(C)C)c1ccccc1OCCOC. The van der Waals surface area contributed by atoms with Crippen LogP contribution in [0.5, 0.6) is 5.75 Å². The third kappa shape index (κ3) is 5.62. The van der Waals surface area contributed by atoms with Crippen LogP contribution in [0.15, 0.2) is 24.3 Å². The molecule has 0 heterocycles. The van der Waals surface area contributed by atoms with Gasteiger partial charge in [-0.15, -0.1) is 0 Å². The zero-order valence-electron chi connectivity index (χ0n) is 12.8. The highest BCUT2D eigenvalue weighted by atomic mass is 16.5. The Morgan fingerprint density at radius 2 is 1.84 bits per heavy atom. The molecule has 0 aliphatic heterocycles. The normalized spacial score (nSPS) is 13.3. The molecule has 0 aromatic heterocycles. The summed E-state index contributed by atoms with van der Waals surface area (Å²) in [6, 6.07) is 8.53. The summed E-state index contributed by atoms with van der Waals surface area (Å²) in [5.41, 5.74) is 1.49. The maximum atomic E-state index is 5.81. The van der Waals surface area contributed by atoms with E-state index in [2.05, 4.69) is 38.2 Å². The largest absolute Gasteiger partial charge is 0.491 e. The third-order valence-corrected chi connectivity index (χ3v) is 3.00. The molecule has 1 aromatic rings. The minimum atomic E-state index is 0.271. The summed E-state index contributed by atoms with van der Waals surface area (Å²) in [4.78, 5) is 0. The molecule has 1 N–H and O–H groups in total. The molecule has 0 spiro atoms. The molecule has 0 aliphatic rings. The van der Waals surface area contributed by atoms with E-state index >= 15 is 0 Å². The molecule has 0 radical (unpaired) electrons. The molecule has 1 atom stereocenters. The first kappa shape index (κ1) is 16.0. The number of hydrogen-bond acceptors (Lipinski definition) is 3. The number of hydrogen-bond donors (Lipinski definition) is 1. The van der Waals surface area contributed by atoms with Crippen molar-refractivity contribution in [3.05, 3.63) is 29.8 Å². The van der Waals surface area contributed by atoms with Gasteiger partial charge < -0.3 is 14.8 Å². The minimum absolute atomic E-state index is 0.271. The molecule has 1 rings (SSSR count). The lowest BCUT2D eigenvalue weighted by atomic mass is 9.85. The number of benzene rings is 1. The van der Waals surface area contributed by atoms with Gasteiger partial charge in [-0.25, -0.2) is 0 Å². The summed E-state index contributed by atoms with van der Waals surface area (Å²) in [6.07, 6.45) is 1.06. The van der Waals surface area contributed by atoms with E-state index in [0.717, 1.165) is 12.2 Å². The molecule has 19 heavy (non-hydrogen) atoms. The maximum Gasteiger partial charge on any atom is 0.124 e. The molecule has 1 unspecified atom stereocenters. The number of para-hydroxylation sites is 1. The molecule has 0 fully saturated rings. The Kier molecular flexibility index (Phi) is 6.32. The molecule has 1 aromatic carbocycles. The average molecular weight is 265 g/mol. The molecule has 0 amide bonds. The molecular weight excluding hydrogens is 238 g/mol. The van der Waals surface area contributed by atoms with Gasteiger partial charge in [0.05, 0.1) is 6.61 Å². The number of nitrogens with one attached hydrogen (secondary N) is 1. The van der Waals surface area contributed by atoms with E-state index in [-0.39, 0.29) is 5.41 Å². The van der Waals surface area contributed by atoms with Gasteiger partial charge in [0.1, 0.15) is 12.4 Å². The van der Waals surface area contributed by atoms with Crippen molar-refractivity contribution in [2.24, 2.45) is 5.41 Å². The predicted octanol–water partition coefficient (Wildman–Crippen LogP) is 3.41. The summed E-state index contributed by atoms with van der Waals surface area (Å²) in [7, 11) is 3.69. The Morgan fingerprint density at radius 3 is 2.42 bits per heavy atom. The van der Waals surface area contributed by atoms with Crippen molar-refractivity contribution in [2.75, 3.05) is 27.4 Å². The lowest BCUT2D eigenvalue weighted by molar-refractivity contribution is 0.145. The minimum Gasteiger partial charge on any atom is -0.491 e. The monoisotopic (exact) mass is 265 g/mol. The van der Waals surface area contributed by atoms with Gasteiger partial charge in [0.25, 0.3) is 0 Å². The highest BCUT2D eigenvalue weighted by Gasteiger charge is 2.21. The number of ether oxygens (including phenoxy) is 2. The fourth-order valence-electron chi connectivity index (χ4n) is 2.11. The van der Waals surface area contributed by atoms with Crippen molar-refractivity contribution in [3.8, 4) is 5.75 Å². The fourth-order valence-corrected chi connectivity index (χ4v) is 2.11. The molecule has 3 heteroatoms. The van der Waals surface area contributed by atoms with Gasteiger partial charge in [0.15, 0.2) is 0 Å². The second kappa shape index (κ2) is 7.51. The van der Waals surface area contributed by atoms with Crippen molar-refractivity contribution in [3.63, 3.8) is 0 Å². The Bertz CT molecular complexity index is 371. The maximum absolute atomic E-state index is 5.81. The van der Waals surface area contributed by atoms with Crippen LogP contribution in [0.25, 0.3) is 0 Å². The van der Waals surface area contributed by atoms with Gasteiger partial charge in [0.2, 0.25) is 0 Å². The Labute approximate surface area is 117 Å². The van der Waals surface area contributed by atoms with Crippen LogP contribution in [0.4, 0.5) is 0 Å². The Hall–Kier alpha value is -1.06. The van der Waals surface area contributed by atoms with Gasteiger partial charge in [-0.3, -0.25) is 0 Å². The van der Waals surface area contributed by atoms with Crippen LogP contribution in [0.2, 0.25) is 0 Å². The first-order valence-electron chi connectivity index (χ1n) is 6.86. The van der Waals surface area contributed by atoms with Crippen molar-refractivity contribution in [2.45, 2.75) is 33.2 Å². The van der Waals surface area contributed by atoms with Crippen LogP contribution in [-0.2, 0) is 4.74 Å². The first-order chi connectivity index (χ1) is 8.98. The van der Waals surface area contributed by atoms with Gasteiger partial charge in [0, 0.05) is 18.7 Å². The van der Waals surface area contributed by atoms with E-state index in [1.54, 1.807) is 7.11 Å². The van der Waals surface area contributed by atoms with Gasteiger partial charge in [-0.2, -0.15) is 0 Å². The van der Waals surface area contributed by atoms with E-state index in [1.165, 1.54) is 5.56 Å². The van der Waals surface area contributed by atoms with Crippen molar-refractivity contribution < 1.29 is 9.47 Å². The highest BCUT2D eigenvalue weighted by molar-refractivity contribution is 5.36. The second-order valence-electron chi connectivity index (χ2n) is 5.99. The van der Waals surface area contributed by atoms with E-state index in [1.807, 2.05) is 19.2 Å². The molecule has 0 bridgehead atoms. The molecule has 0 aliphatic carbocycles. The van der Waals surface area contributed by atoms with Gasteiger partial charge in [-0.1, -0.05) is 39.0 Å². The van der Waals surface area contributed by atoms with E-state index in [4.69, 9.17) is 9.47 Å². The van der Waals surface area contributed by atoms with Crippen molar-refractivity contribution in [1.82, 2.24) is 5.32 Å². The molecule has 0 saturated heterocycles. The highest BCUT2D eigenvalue weighted by Crippen LogP contribution is 2.33. The summed E-state index contributed by atoms with van der Waals surface area (Å²) in [6.45, 7) is 7.96. The summed E-state index contributed by atoms with van der Waals surface area (Å²) in [5.74, 6) is 0.947.